The molecule has 1 fully saturated rings. The SMILES string of the molecule is CCn1ccnc1COC1CCC(N)C1. The van der Waals surface area contributed by atoms with Gasteiger partial charge in [-0.2, -0.15) is 0 Å². The maximum absolute atomic E-state index is 5.83. The molecule has 0 amide bonds. The molecule has 0 aliphatic heterocycles. The van der Waals surface area contributed by atoms with Crippen LogP contribution in [-0.4, -0.2) is 21.7 Å². The smallest absolute Gasteiger partial charge is 0.134 e. The van der Waals surface area contributed by atoms with E-state index < -0.39 is 0 Å². The summed E-state index contributed by atoms with van der Waals surface area (Å²) in [6.45, 7) is 3.66. The maximum Gasteiger partial charge on any atom is 0.134 e. The fourth-order valence-electron chi connectivity index (χ4n) is 2.09. The summed E-state index contributed by atoms with van der Waals surface area (Å²) in [7, 11) is 0. The summed E-state index contributed by atoms with van der Waals surface area (Å²) in [5.74, 6) is 1.01. The number of aryl methyl sites for hydroxylation is 1. The molecule has 1 aliphatic rings. The van der Waals surface area contributed by atoms with Crippen LogP contribution >= 0.6 is 0 Å². The average Bonchev–Trinajstić information content (AvgIpc) is 2.83. The van der Waals surface area contributed by atoms with Crippen molar-refractivity contribution in [3.05, 3.63) is 18.2 Å². The van der Waals surface area contributed by atoms with Crippen molar-refractivity contribution in [3.63, 3.8) is 0 Å². The fourth-order valence-corrected chi connectivity index (χ4v) is 2.09. The van der Waals surface area contributed by atoms with Crippen LogP contribution in [0, 0.1) is 0 Å². The van der Waals surface area contributed by atoms with E-state index in [1.807, 2.05) is 12.4 Å². The molecule has 1 aromatic rings. The van der Waals surface area contributed by atoms with E-state index in [1.54, 1.807) is 0 Å². The molecule has 0 spiro atoms. The second-order valence-electron chi connectivity index (χ2n) is 4.14. The van der Waals surface area contributed by atoms with Crippen LogP contribution in [0.15, 0.2) is 12.4 Å². The second-order valence-corrected chi connectivity index (χ2v) is 4.14. The molecule has 84 valence electrons. The number of aromatic nitrogens is 2. The van der Waals surface area contributed by atoms with Gasteiger partial charge in [0.15, 0.2) is 0 Å². The number of hydrogen-bond donors (Lipinski definition) is 1. The van der Waals surface area contributed by atoms with Crippen LogP contribution in [0.2, 0.25) is 0 Å². The molecular formula is C11H19N3O. The minimum atomic E-state index is 0.334. The lowest BCUT2D eigenvalue weighted by molar-refractivity contribution is 0.0393. The van der Waals surface area contributed by atoms with Gasteiger partial charge in [0.2, 0.25) is 0 Å². The van der Waals surface area contributed by atoms with E-state index in [0.717, 1.165) is 31.6 Å². The summed E-state index contributed by atoms with van der Waals surface area (Å²) in [4.78, 5) is 4.27. The van der Waals surface area contributed by atoms with E-state index in [1.165, 1.54) is 0 Å². The van der Waals surface area contributed by atoms with Crippen molar-refractivity contribution in [1.82, 2.24) is 9.55 Å². The Hall–Kier alpha value is -0.870. The molecule has 0 radical (unpaired) electrons. The van der Waals surface area contributed by atoms with Gasteiger partial charge in [-0.25, -0.2) is 4.98 Å². The zero-order valence-corrected chi connectivity index (χ0v) is 9.22. The van der Waals surface area contributed by atoms with Crippen molar-refractivity contribution < 1.29 is 4.74 Å². The summed E-state index contributed by atoms with van der Waals surface area (Å²) in [5, 5.41) is 0. The molecule has 4 nitrogen and oxygen atoms in total. The van der Waals surface area contributed by atoms with Crippen molar-refractivity contribution in [2.75, 3.05) is 0 Å². The van der Waals surface area contributed by atoms with Gasteiger partial charge in [-0.3, -0.25) is 0 Å². The third-order valence-corrected chi connectivity index (χ3v) is 3.02. The molecule has 2 rings (SSSR count). The Kier molecular flexibility index (Phi) is 3.38. The van der Waals surface area contributed by atoms with Crippen molar-refractivity contribution in [3.8, 4) is 0 Å². The summed E-state index contributed by atoms with van der Waals surface area (Å²) < 4.78 is 7.90. The maximum atomic E-state index is 5.83. The number of rotatable bonds is 4. The number of imidazole rings is 1. The summed E-state index contributed by atoms with van der Waals surface area (Å²) in [6.07, 6.45) is 7.32. The first-order valence-electron chi connectivity index (χ1n) is 5.66. The van der Waals surface area contributed by atoms with Crippen LogP contribution in [0.25, 0.3) is 0 Å². The third-order valence-electron chi connectivity index (χ3n) is 3.02. The molecule has 1 saturated carbocycles. The molecule has 2 unspecified atom stereocenters. The molecule has 4 heteroatoms. The van der Waals surface area contributed by atoms with Gasteiger partial charge in [0.25, 0.3) is 0 Å². The molecule has 1 heterocycles. The first kappa shape index (κ1) is 10.6. The van der Waals surface area contributed by atoms with Gasteiger partial charge < -0.3 is 15.0 Å². The van der Waals surface area contributed by atoms with Gasteiger partial charge in [-0.15, -0.1) is 0 Å². The van der Waals surface area contributed by atoms with E-state index in [9.17, 15) is 0 Å². The second kappa shape index (κ2) is 4.77. The lowest BCUT2D eigenvalue weighted by Crippen LogP contribution is -2.18. The monoisotopic (exact) mass is 209 g/mol. The van der Waals surface area contributed by atoms with Crippen molar-refractivity contribution >= 4 is 0 Å². The standard InChI is InChI=1S/C11H19N3O/c1-2-14-6-5-13-11(14)8-15-10-4-3-9(12)7-10/h5-6,9-10H,2-4,7-8,12H2,1H3. The number of ether oxygens (including phenoxy) is 1. The quantitative estimate of drug-likeness (QED) is 0.813. The van der Waals surface area contributed by atoms with E-state index in [0.29, 0.717) is 18.8 Å². The molecule has 0 bridgehead atoms. The van der Waals surface area contributed by atoms with Crippen molar-refractivity contribution in [2.45, 2.75) is 51.5 Å². The minimum Gasteiger partial charge on any atom is -0.370 e. The topological polar surface area (TPSA) is 53.1 Å². The van der Waals surface area contributed by atoms with Crippen molar-refractivity contribution in [1.29, 1.82) is 0 Å². The Balaban J connectivity index is 1.83. The van der Waals surface area contributed by atoms with Gasteiger partial charge in [0.05, 0.1) is 6.10 Å². The van der Waals surface area contributed by atoms with E-state index >= 15 is 0 Å². The van der Waals surface area contributed by atoms with E-state index in [-0.39, 0.29) is 0 Å². The molecule has 2 N–H and O–H groups in total. The van der Waals surface area contributed by atoms with Crippen LogP contribution in [0.4, 0.5) is 0 Å². The van der Waals surface area contributed by atoms with Gasteiger partial charge in [-0.1, -0.05) is 0 Å². The largest absolute Gasteiger partial charge is 0.370 e. The molecular weight excluding hydrogens is 190 g/mol. The number of hydrogen-bond acceptors (Lipinski definition) is 3. The zero-order valence-electron chi connectivity index (χ0n) is 9.22. The molecule has 15 heavy (non-hydrogen) atoms. The summed E-state index contributed by atoms with van der Waals surface area (Å²) in [6, 6.07) is 0.334. The predicted octanol–water partition coefficient (Wildman–Crippen LogP) is 1.30. The normalized spacial score (nSPS) is 26.0. The highest BCUT2D eigenvalue weighted by Gasteiger charge is 2.22. The predicted molar refractivity (Wildman–Crippen MR) is 58.3 cm³/mol. The minimum absolute atomic E-state index is 0.334. The van der Waals surface area contributed by atoms with E-state index in [4.69, 9.17) is 10.5 Å². The zero-order chi connectivity index (χ0) is 10.7. The highest BCUT2D eigenvalue weighted by Crippen LogP contribution is 2.21. The number of nitrogens with two attached hydrogens (primary N) is 1. The highest BCUT2D eigenvalue weighted by atomic mass is 16.5. The fraction of sp³-hybridized carbons (Fsp3) is 0.727. The Labute approximate surface area is 90.4 Å². The Morgan fingerprint density at radius 3 is 3.13 bits per heavy atom. The lowest BCUT2D eigenvalue weighted by atomic mass is 10.3. The molecule has 1 aliphatic carbocycles. The summed E-state index contributed by atoms with van der Waals surface area (Å²) in [5.41, 5.74) is 5.83. The van der Waals surface area contributed by atoms with Gasteiger partial charge in [-0.05, 0) is 26.2 Å². The van der Waals surface area contributed by atoms with Gasteiger partial charge >= 0.3 is 0 Å². The molecule has 0 saturated heterocycles. The van der Waals surface area contributed by atoms with Crippen LogP contribution in [0.5, 0.6) is 0 Å². The Morgan fingerprint density at radius 2 is 2.47 bits per heavy atom. The lowest BCUT2D eigenvalue weighted by Gasteiger charge is -2.11. The molecule has 1 aromatic heterocycles. The first-order valence-corrected chi connectivity index (χ1v) is 5.66. The summed E-state index contributed by atoms with van der Waals surface area (Å²) >= 11 is 0. The highest BCUT2D eigenvalue weighted by molar-refractivity contribution is 4.90. The first-order chi connectivity index (χ1) is 7.29. The van der Waals surface area contributed by atoms with E-state index in [2.05, 4.69) is 16.5 Å². The number of nitrogens with zero attached hydrogens (tertiary/aromatic N) is 2. The third kappa shape index (κ3) is 2.58. The van der Waals surface area contributed by atoms with Crippen LogP contribution in [0.1, 0.15) is 32.0 Å². The average molecular weight is 209 g/mol. The van der Waals surface area contributed by atoms with Gasteiger partial charge in [0, 0.05) is 25.0 Å². The Morgan fingerprint density at radius 1 is 1.60 bits per heavy atom. The van der Waals surface area contributed by atoms with Gasteiger partial charge in [0.1, 0.15) is 12.4 Å². The molecule has 2 atom stereocenters. The van der Waals surface area contributed by atoms with Crippen LogP contribution in [-0.2, 0) is 17.9 Å². The molecule has 0 aromatic carbocycles. The van der Waals surface area contributed by atoms with Crippen LogP contribution in [0.3, 0.4) is 0 Å². The van der Waals surface area contributed by atoms with Crippen LogP contribution < -0.4 is 5.73 Å². The van der Waals surface area contributed by atoms with Crippen molar-refractivity contribution in [2.24, 2.45) is 5.73 Å². The Bertz CT molecular complexity index is 311.